The maximum absolute atomic E-state index is 4.30. The zero-order chi connectivity index (χ0) is 10.7. The van der Waals surface area contributed by atoms with E-state index in [1.165, 1.54) is 0 Å². The lowest BCUT2D eigenvalue weighted by atomic mass is 10.5. The molecule has 0 heterocycles. The summed E-state index contributed by atoms with van der Waals surface area (Å²) in [5, 5.41) is 0. The minimum Gasteiger partial charge on any atom is -0.0996 e. The van der Waals surface area contributed by atoms with Gasteiger partial charge < -0.3 is 0 Å². The summed E-state index contributed by atoms with van der Waals surface area (Å²) in [6.45, 7) is 21.8. The number of hydrogen-bond donors (Lipinski definition) is 0. The van der Waals surface area contributed by atoms with Crippen LogP contribution in [0.4, 0.5) is 0 Å². The Morgan fingerprint density at radius 1 is 1.00 bits per heavy atom. The third kappa shape index (κ3) is 1.22. The molecule has 1 unspecified atom stereocenters. The van der Waals surface area contributed by atoms with Crippen LogP contribution in [0.3, 0.4) is 0 Å². The lowest BCUT2D eigenvalue weighted by Crippen LogP contribution is -2.47. The van der Waals surface area contributed by atoms with Crippen molar-refractivity contribution in [3.05, 3.63) is 12.2 Å². The fraction of sp³-hybridized carbons (Fsp3) is 0.818. The van der Waals surface area contributed by atoms with Crippen LogP contribution in [0.25, 0.3) is 0 Å². The molecule has 76 valence electrons. The first-order chi connectivity index (χ1) is 5.57. The number of allylic oxidation sites excluding steroid dienone is 1. The van der Waals surface area contributed by atoms with Gasteiger partial charge in [-0.2, -0.15) is 0 Å². The van der Waals surface area contributed by atoms with Gasteiger partial charge in [0.25, 0.3) is 0 Å². The summed E-state index contributed by atoms with van der Waals surface area (Å²) in [6.07, 6.45) is 0. The lowest BCUT2D eigenvalue weighted by molar-refractivity contribution is 0.918. The average Bonchev–Trinajstić information content (AvgIpc) is 2.32. The van der Waals surface area contributed by atoms with Crippen LogP contribution in [0.1, 0.15) is 6.92 Å². The lowest BCUT2D eigenvalue weighted by Gasteiger charge is -2.40. The maximum Gasteiger partial charge on any atom is 0.0531 e. The van der Waals surface area contributed by atoms with Crippen LogP contribution in [0.5, 0.6) is 0 Å². The molecule has 0 aromatic carbocycles. The molecule has 0 nitrogen and oxygen atoms in total. The second kappa shape index (κ2) is 2.60. The molecule has 2 heteroatoms. The minimum atomic E-state index is -1.07. The molecule has 13 heavy (non-hydrogen) atoms. The van der Waals surface area contributed by atoms with E-state index < -0.39 is 16.1 Å². The average molecular weight is 212 g/mol. The highest BCUT2D eigenvalue weighted by Crippen LogP contribution is 2.73. The van der Waals surface area contributed by atoms with Crippen LogP contribution in [0.15, 0.2) is 12.2 Å². The van der Waals surface area contributed by atoms with Crippen molar-refractivity contribution in [2.75, 3.05) is 0 Å². The number of rotatable bonds is 2. The van der Waals surface area contributed by atoms with Crippen molar-refractivity contribution in [2.24, 2.45) is 5.92 Å². The third-order valence-electron chi connectivity index (χ3n) is 3.96. The molecule has 1 saturated carbocycles. The van der Waals surface area contributed by atoms with Gasteiger partial charge in [0, 0.05) is 0 Å². The van der Waals surface area contributed by atoms with E-state index in [0.29, 0.717) is 4.66 Å². The molecule has 0 bridgehead atoms. The Labute approximate surface area is 85.5 Å². The second-order valence-electron chi connectivity index (χ2n) is 6.55. The van der Waals surface area contributed by atoms with Gasteiger partial charge in [-0.1, -0.05) is 58.4 Å². The van der Waals surface area contributed by atoms with E-state index in [4.69, 9.17) is 0 Å². The highest BCUT2D eigenvalue weighted by molar-refractivity contribution is 7.01. The van der Waals surface area contributed by atoms with E-state index in [0.717, 1.165) is 5.92 Å². The first-order valence-electron chi connectivity index (χ1n) is 5.26. The molecule has 0 saturated heterocycles. The van der Waals surface area contributed by atoms with Crippen LogP contribution in [0.2, 0.25) is 43.9 Å². The summed E-state index contributed by atoms with van der Waals surface area (Å²) in [4.78, 5) is 0. The Balaban J connectivity index is 3.16. The first-order valence-corrected chi connectivity index (χ1v) is 12.3. The summed E-state index contributed by atoms with van der Waals surface area (Å²) in [7, 11) is -2.15. The largest absolute Gasteiger partial charge is 0.0996 e. The van der Waals surface area contributed by atoms with E-state index >= 15 is 0 Å². The SMILES string of the molecule is C=C1C(C)C1([Si](C)(C)C)[Si](C)(C)C. The van der Waals surface area contributed by atoms with E-state index in [1.807, 2.05) is 0 Å². The fourth-order valence-corrected chi connectivity index (χ4v) is 18.1. The molecular weight excluding hydrogens is 188 g/mol. The Morgan fingerprint density at radius 2 is 1.23 bits per heavy atom. The molecule has 0 amide bonds. The Kier molecular flexibility index (Phi) is 2.25. The van der Waals surface area contributed by atoms with Crippen LogP contribution >= 0.6 is 0 Å². The van der Waals surface area contributed by atoms with Crippen molar-refractivity contribution >= 4 is 16.1 Å². The van der Waals surface area contributed by atoms with Gasteiger partial charge >= 0.3 is 0 Å². The molecule has 0 aromatic rings. The van der Waals surface area contributed by atoms with Crippen molar-refractivity contribution in [1.82, 2.24) is 0 Å². The molecule has 1 aliphatic carbocycles. The van der Waals surface area contributed by atoms with Gasteiger partial charge in [0.15, 0.2) is 0 Å². The summed E-state index contributed by atoms with van der Waals surface area (Å²) < 4.78 is 0.625. The fourth-order valence-electron chi connectivity index (χ4n) is 3.94. The standard InChI is InChI=1S/C11H24Si2/c1-9-10(2)11(9,12(3,4)5)13(6,7)8/h10H,1H2,2-8H3. The summed E-state index contributed by atoms with van der Waals surface area (Å²) in [5.41, 5.74) is 1.57. The van der Waals surface area contributed by atoms with Gasteiger partial charge in [0.1, 0.15) is 0 Å². The Bertz CT molecular complexity index is 226. The Hall–Kier alpha value is 0.174. The van der Waals surface area contributed by atoms with E-state index in [1.54, 1.807) is 5.57 Å². The van der Waals surface area contributed by atoms with Crippen molar-refractivity contribution < 1.29 is 0 Å². The highest BCUT2D eigenvalue weighted by Gasteiger charge is 2.68. The smallest absolute Gasteiger partial charge is 0.0531 e. The summed E-state index contributed by atoms with van der Waals surface area (Å²) >= 11 is 0. The van der Waals surface area contributed by atoms with Crippen LogP contribution in [-0.2, 0) is 0 Å². The predicted molar refractivity (Wildman–Crippen MR) is 67.7 cm³/mol. The molecule has 0 spiro atoms. The molecule has 1 fully saturated rings. The Morgan fingerprint density at radius 3 is 1.23 bits per heavy atom. The highest BCUT2D eigenvalue weighted by atomic mass is 28.4. The van der Waals surface area contributed by atoms with Gasteiger partial charge in [-0.15, -0.1) is 0 Å². The van der Waals surface area contributed by atoms with Crippen LogP contribution in [-0.4, -0.2) is 16.1 Å². The molecule has 0 aromatic heterocycles. The molecule has 0 radical (unpaired) electrons. The first kappa shape index (κ1) is 11.2. The molecule has 0 aliphatic heterocycles. The predicted octanol–water partition coefficient (Wildman–Crippen LogP) is 4.15. The normalized spacial score (nSPS) is 27.6. The maximum atomic E-state index is 4.30. The van der Waals surface area contributed by atoms with Crippen LogP contribution < -0.4 is 0 Å². The topological polar surface area (TPSA) is 0 Å². The van der Waals surface area contributed by atoms with Crippen molar-refractivity contribution in [3.8, 4) is 0 Å². The number of hydrogen-bond acceptors (Lipinski definition) is 0. The van der Waals surface area contributed by atoms with E-state index in [-0.39, 0.29) is 0 Å². The molecule has 0 N–H and O–H groups in total. The zero-order valence-electron chi connectivity index (χ0n) is 10.3. The molecule has 1 rings (SSSR count). The van der Waals surface area contributed by atoms with Gasteiger partial charge in [-0.25, -0.2) is 0 Å². The molecular formula is C11H24Si2. The second-order valence-corrected chi connectivity index (χ2v) is 17.6. The summed E-state index contributed by atoms with van der Waals surface area (Å²) in [6, 6.07) is 0. The quantitative estimate of drug-likeness (QED) is 0.476. The van der Waals surface area contributed by atoms with Crippen LogP contribution in [0, 0.1) is 5.92 Å². The van der Waals surface area contributed by atoms with Gasteiger partial charge in [0.2, 0.25) is 0 Å². The monoisotopic (exact) mass is 212 g/mol. The zero-order valence-corrected chi connectivity index (χ0v) is 12.3. The van der Waals surface area contributed by atoms with Gasteiger partial charge in [0.05, 0.1) is 16.1 Å². The third-order valence-corrected chi connectivity index (χ3v) is 14.7. The summed E-state index contributed by atoms with van der Waals surface area (Å²) in [5.74, 6) is 0.811. The van der Waals surface area contributed by atoms with Crippen molar-refractivity contribution in [3.63, 3.8) is 0 Å². The molecule has 1 aliphatic rings. The molecule has 1 atom stereocenters. The van der Waals surface area contributed by atoms with Crippen molar-refractivity contribution in [2.45, 2.75) is 50.9 Å². The van der Waals surface area contributed by atoms with E-state index in [2.05, 4.69) is 52.8 Å². The van der Waals surface area contributed by atoms with Gasteiger partial charge in [-0.3, -0.25) is 0 Å². The van der Waals surface area contributed by atoms with Crippen molar-refractivity contribution in [1.29, 1.82) is 0 Å². The van der Waals surface area contributed by atoms with Gasteiger partial charge in [-0.05, 0) is 10.6 Å². The minimum absolute atomic E-state index is 0.625. The van der Waals surface area contributed by atoms with E-state index in [9.17, 15) is 0 Å².